The predicted octanol–water partition coefficient (Wildman–Crippen LogP) is 5.89. The maximum absolute atomic E-state index is 13.3. The molecule has 1 unspecified atom stereocenters. The predicted molar refractivity (Wildman–Crippen MR) is 127 cm³/mol. The highest BCUT2D eigenvalue weighted by molar-refractivity contribution is 6.24. The van der Waals surface area contributed by atoms with Crippen molar-refractivity contribution in [2.45, 2.75) is 38.6 Å². The third-order valence-electron chi connectivity index (χ3n) is 5.94. The van der Waals surface area contributed by atoms with E-state index in [2.05, 4.69) is 23.5 Å². The number of fused-ring (bicyclic) bond motifs is 1. The first-order chi connectivity index (χ1) is 15.5. The molecule has 1 aliphatic rings. The maximum Gasteiger partial charge on any atom is 0.270 e. The number of nitrogens with one attached hydrogen (secondary N) is 1. The summed E-state index contributed by atoms with van der Waals surface area (Å²) in [4.78, 5) is 24.0. The Hall–Kier alpha value is -3.73. The molecule has 32 heavy (non-hydrogen) atoms. The SMILES string of the molecule is CC(NC(=O)/C(=C/c1cccc([N+](=O)[O-])c1)c1ccccc1)c1ccc2c(c1)CCCC2. The van der Waals surface area contributed by atoms with Crippen LogP contribution in [0.4, 0.5) is 5.69 Å². The number of nitro benzene ring substituents is 1. The summed E-state index contributed by atoms with van der Waals surface area (Å²) in [6, 6.07) is 22.0. The lowest BCUT2D eigenvalue weighted by molar-refractivity contribution is -0.384. The van der Waals surface area contributed by atoms with Crippen molar-refractivity contribution in [3.05, 3.63) is 111 Å². The Kier molecular flexibility index (Phi) is 6.45. The fourth-order valence-corrected chi connectivity index (χ4v) is 4.17. The molecule has 5 nitrogen and oxygen atoms in total. The molecule has 1 atom stereocenters. The van der Waals surface area contributed by atoms with Crippen molar-refractivity contribution < 1.29 is 9.72 Å². The van der Waals surface area contributed by atoms with Gasteiger partial charge in [-0.3, -0.25) is 14.9 Å². The topological polar surface area (TPSA) is 72.2 Å². The lowest BCUT2D eigenvalue weighted by Crippen LogP contribution is -2.27. The summed E-state index contributed by atoms with van der Waals surface area (Å²) in [6.07, 6.45) is 6.37. The highest BCUT2D eigenvalue weighted by Gasteiger charge is 2.18. The van der Waals surface area contributed by atoms with E-state index in [1.165, 1.54) is 36.1 Å². The number of hydrogen-bond donors (Lipinski definition) is 1. The number of rotatable bonds is 6. The molecular weight excluding hydrogens is 400 g/mol. The van der Waals surface area contributed by atoms with Gasteiger partial charge >= 0.3 is 0 Å². The van der Waals surface area contributed by atoms with E-state index >= 15 is 0 Å². The van der Waals surface area contributed by atoms with E-state index in [4.69, 9.17) is 0 Å². The van der Waals surface area contributed by atoms with Crippen LogP contribution in [0.25, 0.3) is 11.6 Å². The Morgan fingerprint density at radius 3 is 2.47 bits per heavy atom. The van der Waals surface area contributed by atoms with Crippen molar-refractivity contribution in [1.82, 2.24) is 5.32 Å². The van der Waals surface area contributed by atoms with Gasteiger partial charge in [-0.05, 0) is 66.5 Å². The minimum Gasteiger partial charge on any atom is -0.345 e. The molecule has 1 aliphatic carbocycles. The van der Waals surface area contributed by atoms with Crippen LogP contribution in [0, 0.1) is 10.1 Å². The molecule has 5 heteroatoms. The Morgan fingerprint density at radius 1 is 0.969 bits per heavy atom. The first-order valence-corrected chi connectivity index (χ1v) is 11.0. The van der Waals surface area contributed by atoms with E-state index in [9.17, 15) is 14.9 Å². The van der Waals surface area contributed by atoms with Gasteiger partial charge in [0.1, 0.15) is 0 Å². The van der Waals surface area contributed by atoms with Gasteiger partial charge < -0.3 is 5.32 Å². The molecule has 0 radical (unpaired) electrons. The smallest absolute Gasteiger partial charge is 0.270 e. The molecule has 0 fully saturated rings. The molecule has 0 saturated heterocycles. The molecule has 1 N–H and O–H groups in total. The second-order valence-electron chi connectivity index (χ2n) is 8.21. The maximum atomic E-state index is 13.3. The molecule has 3 aromatic carbocycles. The molecule has 0 spiro atoms. The average Bonchev–Trinajstić information content (AvgIpc) is 2.82. The number of non-ortho nitro benzene ring substituents is 1. The largest absolute Gasteiger partial charge is 0.345 e. The summed E-state index contributed by atoms with van der Waals surface area (Å²) in [5.74, 6) is -0.215. The first-order valence-electron chi connectivity index (χ1n) is 11.0. The lowest BCUT2D eigenvalue weighted by atomic mass is 9.89. The van der Waals surface area contributed by atoms with Crippen molar-refractivity contribution in [2.24, 2.45) is 0 Å². The van der Waals surface area contributed by atoms with Crippen molar-refractivity contribution in [1.29, 1.82) is 0 Å². The number of amides is 1. The van der Waals surface area contributed by atoms with Crippen LogP contribution >= 0.6 is 0 Å². The molecule has 0 aliphatic heterocycles. The van der Waals surface area contributed by atoms with Crippen LogP contribution in [0.1, 0.15) is 53.6 Å². The molecule has 0 heterocycles. The van der Waals surface area contributed by atoms with Crippen LogP contribution in [-0.2, 0) is 17.6 Å². The van der Waals surface area contributed by atoms with E-state index in [1.54, 1.807) is 18.2 Å². The Morgan fingerprint density at radius 2 is 1.72 bits per heavy atom. The van der Waals surface area contributed by atoms with Gasteiger partial charge in [-0.15, -0.1) is 0 Å². The van der Waals surface area contributed by atoms with Gasteiger partial charge in [-0.25, -0.2) is 0 Å². The van der Waals surface area contributed by atoms with Crippen LogP contribution in [0.3, 0.4) is 0 Å². The molecule has 4 rings (SSSR count). The second-order valence-corrected chi connectivity index (χ2v) is 8.21. The van der Waals surface area contributed by atoms with E-state index in [0.717, 1.165) is 24.0 Å². The Bertz CT molecular complexity index is 1170. The van der Waals surface area contributed by atoms with Crippen molar-refractivity contribution in [2.75, 3.05) is 0 Å². The average molecular weight is 427 g/mol. The second kappa shape index (κ2) is 9.60. The number of benzene rings is 3. The number of carbonyl (C=O) groups excluding carboxylic acids is 1. The zero-order chi connectivity index (χ0) is 22.5. The quantitative estimate of drug-likeness (QED) is 0.231. The molecular formula is C27H26N2O3. The van der Waals surface area contributed by atoms with Crippen LogP contribution in [0.5, 0.6) is 0 Å². The number of aryl methyl sites for hydroxylation is 2. The van der Waals surface area contributed by atoms with Crippen LogP contribution in [0.2, 0.25) is 0 Å². The third-order valence-corrected chi connectivity index (χ3v) is 5.94. The Labute approximate surface area is 187 Å². The highest BCUT2D eigenvalue weighted by atomic mass is 16.6. The minimum atomic E-state index is -0.433. The summed E-state index contributed by atoms with van der Waals surface area (Å²) in [5, 5.41) is 14.3. The zero-order valence-electron chi connectivity index (χ0n) is 18.1. The first kappa shape index (κ1) is 21.5. The van der Waals surface area contributed by atoms with Gasteiger partial charge in [0, 0.05) is 17.7 Å². The summed E-state index contributed by atoms with van der Waals surface area (Å²) < 4.78 is 0. The molecule has 1 amide bonds. The number of nitro groups is 1. The normalized spacial score (nSPS) is 14.3. The fourth-order valence-electron chi connectivity index (χ4n) is 4.17. The van der Waals surface area contributed by atoms with Crippen molar-refractivity contribution in [3.63, 3.8) is 0 Å². The summed E-state index contributed by atoms with van der Waals surface area (Å²) in [6.45, 7) is 1.98. The minimum absolute atomic E-state index is 0.00556. The van der Waals surface area contributed by atoms with E-state index < -0.39 is 4.92 Å². The Balaban J connectivity index is 1.62. The molecule has 3 aromatic rings. The summed E-state index contributed by atoms with van der Waals surface area (Å²) in [7, 11) is 0. The summed E-state index contributed by atoms with van der Waals surface area (Å²) >= 11 is 0. The van der Waals surface area contributed by atoms with Gasteiger partial charge in [-0.2, -0.15) is 0 Å². The van der Waals surface area contributed by atoms with Gasteiger partial charge in [0.05, 0.1) is 11.0 Å². The third kappa shape index (κ3) is 4.94. The lowest BCUT2D eigenvalue weighted by Gasteiger charge is -2.20. The zero-order valence-corrected chi connectivity index (χ0v) is 18.1. The van der Waals surface area contributed by atoms with Gasteiger partial charge in [0.15, 0.2) is 0 Å². The number of nitrogens with zero attached hydrogens (tertiary/aromatic N) is 1. The molecule has 0 bridgehead atoms. The van der Waals surface area contributed by atoms with Crippen LogP contribution in [-0.4, -0.2) is 10.8 Å². The van der Waals surface area contributed by atoms with Crippen LogP contribution < -0.4 is 5.32 Å². The van der Waals surface area contributed by atoms with Gasteiger partial charge in [0.2, 0.25) is 0 Å². The van der Waals surface area contributed by atoms with E-state index in [1.807, 2.05) is 37.3 Å². The molecule has 0 aromatic heterocycles. The van der Waals surface area contributed by atoms with Crippen molar-refractivity contribution in [3.8, 4) is 0 Å². The molecule has 0 saturated carbocycles. The molecule has 162 valence electrons. The standard InChI is InChI=1S/C27H26N2O3/c1-19(23-15-14-21-9-5-6-12-24(21)18-23)28-27(30)26(22-10-3-2-4-11-22)17-20-8-7-13-25(16-20)29(31)32/h2-4,7-8,10-11,13-19H,5-6,9,12H2,1H3,(H,28,30)/b26-17+. The van der Waals surface area contributed by atoms with Gasteiger partial charge in [-0.1, -0.05) is 60.7 Å². The highest BCUT2D eigenvalue weighted by Crippen LogP contribution is 2.26. The van der Waals surface area contributed by atoms with E-state index in [-0.39, 0.29) is 17.6 Å². The summed E-state index contributed by atoms with van der Waals surface area (Å²) in [5.41, 5.74) is 5.70. The fraction of sp³-hybridized carbons (Fsp3) is 0.222. The monoisotopic (exact) mass is 426 g/mol. The van der Waals surface area contributed by atoms with Crippen molar-refractivity contribution >= 4 is 23.2 Å². The van der Waals surface area contributed by atoms with E-state index in [0.29, 0.717) is 11.1 Å². The number of carbonyl (C=O) groups is 1. The van der Waals surface area contributed by atoms with Gasteiger partial charge in [0.25, 0.3) is 11.6 Å². The number of hydrogen-bond acceptors (Lipinski definition) is 3. The van der Waals surface area contributed by atoms with Crippen LogP contribution in [0.15, 0.2) is 72.8 Å².